The summed E-state index contributed by atoms with van der Waals surface area (Å²) in [6.45, 7) is 4.12. The number of fused-ring (bicyclic) bond motifs is 2. The van der Waals surface area contributed by atoms with E-state index in [1.54, 1.807) is 6.20 Å². The van der Waals surface area contributed by atoms with Crippen molar-refractivity contribution < 1.29 is 9.47 Å². The van der Waals surface area contributed by atoms with E-state index in [0.717, 1.165) is 28.1 Å². The summed E-state index contributed by atoms with van der Waals surface area (Å²) < 4.78 is 10.8. The molecule has 0 unspecified atom stereocenters. The summed E-state index contributed by atoms with van der Waals surface area (Å²) in [7, 11) is 0. The number of hydrogen-bond donors (Lipinski definition) is 1. The van der Waals surface area contributed by atoms with Gasteiger partial charge in [-0.05, 0) is 37.4 Å². The molecule has 3 rings (SSSR count). The second-order valence-corrected chi connectivity index (χ2v) is 4.98. The van der Waals surface area contributed by atoms with Crippen LogP contribution in [0.15, 0.2) is 24.4 Å². The van der Waals surface area contributed by atoms with Crippen molar-refractivity contribution in [2.45, 2.75) is 19.4 Å². The van der Waals surface area contributed by atoms with Crippen LogP contribution in [-0.4, -0.2) is 17.3 Å². The highest BCUT2D eigenvalue weighted by Gasteiger charge is 2.19. The van der Waals surface area contributed by atoms with E-state index in [-0.39, 0.29) is 6.79 Å². The lowest BCUT2D eigenvalue weighted by Gasteiger charge is -2.21. The zero-order chi connectivity index (χ0) is 13.5. The molecule has 1 aromatic heterocycles. The van der Waals surface area contributed by atoms with Gasteiger partial charge in [0.25, 0.3) is 0 Å². The van der Waals surface area contributed by atoms with Crippen molar-refractivity contribution in [1.29, 1.82) is 0 Å². The van der Waals surface area contributed by atoms with Gasteiger partial charge in [-0.3, -0.25) is 0 Å². The third-order valence-electron chi connectivity index (χ3n) is 3.05. The average Bonchev–Trinajstić information content (AvgIpc) is 2.83. The fourth-order valence-corrected chi connectivity index (χ4v) is 1.99. The number of hydrogen-bond acceptors (Lipinski definition) is 4. The van der Waals surface area contributed by atoms with Crippen LogP contribution in [0.4, 0.5) is 5.82 Å². The molecule has 0 amide bonds. The Morgan fingerprint density at radius 3 is 2.79 bits per heavy atom. The number of nitrogens with zero attached hydrogens (tertiary/aromatic N) is 1. The Kier molecular flexibility index (Phi) is 2.49. The maximum absolute atomic E-state index is 5.50. The predicted molar refractivity (Wildman–Crippen MR) is 74.4 cm³/mol. The fraction of sp³-hybridized carbons (Fsp3) is 0.267. The molecule has 96 valence electrons. The van der Waals surface area contributed by atoms with E-state index in [1.165, 1.54) is 0 Å². The molecule has 0 fully saturated rings. The van der Waals surface area contributed by atoms with E-state index < -0.39 is 5.54 Å². The molecule has 0 radical (unpaired) electrons. The SMILES string of the molecule is C#CC(C)(C)Nc1nccc2cc3c(cc12)OCO3. The molecule has 0 saturated carbocycles. The van der Waals surface area contributed by atoms with Crippen molar-refractivity contribution in [3.8, 4) is 23.8 Å². The molecule has 1 aromatic carbocycles. The van der Waals surface area contributed by atoms with Gasteiger partial charge in [0.2, 0.25) is 6.79 Å². The molecule has 0 aliphatic carbocycles. The van der Waals surface area contributed by atoms with Crippen LogP contribution in [0.5, 0.6) is 11.5 Å². The first-order chi connectivity index (χ1) is 9.09. The van der Waals surface area contributed by atoms with Gasteiger partial charge in [0.05, 0.1) is 5.54 Å². The van der Waals surface area contributed by atoms with Crippen LogP contribution in [0, 0.1) is 12.3 Å². The predicted octanol–water partition coefficient (Wildman–Crippen LogP) is 2.79. The quantitative estimate of drug-likeness (QED) is 0.837. The van der Waals surface area contributed by atoms with Gasteiger partial charge in [-0.25, -0.2) is 4.98 Å². The smallest absolute Gasteiger partial charge is 0.231 e. The second kappa shape index (κ2) is 4.06. The molecule has 1 aliphatic heterocycles. The molecule has 0 bridgehead atoms. The number of pyridine rings is 1. The Labute approximate surface area is 111 Å². The molecule has 0 atom stereocenters. The summed E-state index contributed by atoms with van der Waals surface area (Å²) in [5.74, 6) is 4.95. The molecule has 2 aromatic rings. The van der Waals surface area contributed by atoms with E-state index >= 15 is 0 Å². The van der Waals surface area contributed by atoms with Crippen molar-refractivity contribution in [2.24, 2.45) is 0 Å². The van der Waals surface area contributed by atoms with E-state index in [9.17, 15) is 0 Å². The van der Waals surface area contributed by atoms with Crippen LogP contribution in [0.2, 0.25) is 0 Å². The summed E-state index contributed by atoms with van der Waals surface area (Å²) >= 11 is 0. The number of nitrogens with one attached hydrogen (secondary N) is 1. The average molecular weight is 254 g/mol. The number of rotatable bonds is 2. The highest BCUT2D eigenvalue weighted by molar-refractivity contribution is 5.94. The number of anilines is 1. The minimum atomic E-state index is -0.461. The minimum absolute atomic E-state index is 0.262. The number of benzene rings is 1. The normalized spacial score (nSPS) is 13.3. The van der Waals surface area contributed by atoms with Crippen molar-refractivity contribution in [2.75, 3.05) is 12.1 Å². The molecule has 2 heterocycles. The van der Waals surface area contributed by atoms with Gasteiger partial charge in [-0.15, -0.1) is 6.42 Å². The van der Waals surface area contributed by atoms with Crippen LogP contribution >= 0.6 is 0 Å². The van der Waals surface area contributed by atoms with Gasteiger partial charge in [-0.2, -0.15) is 0 Å². The number of ether oxygens (including phenoxy) is 2. The lowest BCUT2D eigenvalue weighted by molar-refractivity contribution is 0.174. The van der Waals surface area contributed by atoms with Gasteiger partial charge in [0.15, 0.2) is 11.5 Å². The number of terminal acetylenes is 1. The van der Waals surface area contributed by atoms with Gasteiger partial charge >= 0.3 is 0 Å². The lowest BCUT2D eigenvalue weighted by Crippen LogP contribution is -2.29. The van der Waals surface area contributed by atoms with Gasteiger partial charge in [-0.1, -0.05) is 5.92 Å². The Bertz CT molecular complexity index is 686. The van der Waals surface area contributed by atoms with E-state index in [1.807, 2.05) is 32.0 Å². The van der Waals surface area contributed by atoms with Crippen molar-refractivity contribution in [1.82, 2.24) is 4.98 Å². The van der Waals surface area contributed by atoms with Crippen LogP contribution in [-0.2, 0) is 0 Å². The Hall–Kier alpha value is -2.41. The van der Waals surface area contributed by atoms with E-state index in [2.05, 4.69) is 16.2 Å². The zero-order valence-corrected chi connectivity index (χ0v) is 10.9. The second-order valence-electron chi connectivity index (χ2n) is 4.98. The Morgan fingerprint density at radius 1 is 1.32 bits per heavy atom. The molecule has 4 heteroatoms. The topological polar surface area (TPSA) is 43.4 Å². The Balaban J connectivity index is 2.13. The first-order valence-corrected chi connectivity index (χ1v) is 6.03. The number of aromatic nitrogens is 1. The van der Waals surface area contributed by atoms with Crippen molar-refractivity contribution >= 4 is 16.6 Å². The van der Waals surface area contributed by atoms with Gasteiger partial charge in [0.1, 0.15) is 5.82 Å². The summed E-state index contributed by atoms with van der Waals surface area (Å²) in [6.07, 6.45) is 7.25. The van der Waals surface area contributed by atoms with Crippen molar-refractivity contribution in [3.05, 3.63) is 24.4 Å². The molecule has 1 N–H and O–H groups in total. The highest BCUT2D eigenvalue weighted by Crippen LogP contribution is 2.38. The third-order valence-corrected chi connectivity index (χ3v) is 3.05. The minimum Gasteiger partial charge on any atom is -0.454 e. The molecule has 1 aliphatic rings. The standard InChI is InChI=1S/C15H14N2O2/c1-4-15(2,3)17-14-11-8-13-12(18-9-19-13)7-10(11)5-6-16-14/h1,5-8H,9H2,2-3H3,(H,16,17). The highest BCUT2D eigenvalue weighted by atomic mass is 16.7. The maximum atomic E-state index is 5.50. The summed E-state index contributed by atoms with van der Waals surface area (Å²) in [4.78, 5) is 4.36. The van der Waals surface area contributed by atoms with Crippen LogP contribution in [0.3, 0.4) is 0 Å². The van der Waals surface area contributed by atoms with Gasteiger partial charge < -0.3 is 14.8 Å². The lowest BCUT2D eigenvalue weighted by atomic mass is 10.1. The monoisotopic (exact) mass is 254 g/mol. The largest absolute Gasteiger partial charge is 0.454 e. The van der Waals surface area contributed by atoms with Crippen LogP contribution in [0.25, 0.3) is 10.8 Å². The van der Waals surface area contributed by atoms with E-state index in [4.69, 9.17) is 15.9 Å². The molecular formula is C15H14N2O2. The first kappa shape index (κ1) is 11.7. The van der Waals surface area contributed by atoms with Crippen LogP contribution < -0.4 is 14.8 Å². The molecule has 0 saturated heterocycles. The van der Waals surface area contributed by atoms with Crippen LogP contribution in [0.1, 0.15) is 13.8 Å². The summed E-state index contributed by atoms with van der Waals surface area (Å²) in [5, 5.41) is 5.26. The zero-order valence-electron chi connectivity index (χ0n) is 10.9. The third kappa shape index (κ3) is 2.04. The van der Waals surface area contributed by atoms with Crippen molar-refractivity contribution in [3.63, 3.8) is 0 Å². The molecule has 0 spiro atoms. The van der Waals surface area contributed by atoms with Gasteiger partial charge in [0, 0.05) is 11.6 Å². The van der Waals surface area contributed by atoms with E-state index in [0.29, 0.717) is 0 Å². The molecular weight excluding hydrogens is 240 g/mol. The Morgan fingerprint density at radius 2 is 2.05 bits per heavy atom. The first-order valence-electron chi connectivity index (χ1n) is 6.03. The maximum Gasteiger partial charge on any atom is 0.231 e. The molecule has 19 heavy (non-hydrogen) atoms. The summed E-state index contributed by atoms with van der Waals surface area (Å²) in [6, 6.07) is 5.82. The fourth-order valence-electron chi connectivity index (χ4n) is 1.99. The molecule has 4 nitrogen and oxygen atoms in total. The summed E-state index contributed by atoms with van der Waals surface area (Å²) in [5.41, 5.74) is -0.461.